The third kappa shape index (κ3) is 2.50. The first-order valence-electron chi connectivity index (χ1n) is 6.50. The smallest absolute Gasteiger partial charge is 0.00702 e. The van der Waals surface area contributed by atoms with Crippen LogP contribution in [-0.2, 0) is 0 Å². The first kappa shape index (κ1) is 13.7. The Labute approximate surface area is 133 Å². The molecule has 0 saturated carbocycles. The van der Waals surface area contributed by atoms with E-state index in [9.17, 15) is 0 Å². The van der Waals surface area contributed by atoms with Crippen LogP contribution in [0.15, 0.2) is 106 Å². The highest BCUT2D eigenvalue weighted by molar-refractivity contribution is 14.2. The van der Waals surface area contributed by atoms with Crippen LogP contribution < -0.4 is 0 Å². The molecule has 3 aromatic carbocycles. The van der Waals surface area contributed by atoms with Gasteiger partial charge in [-0.15, -0.1) is 7.20 Å². The van der Waals surface area contributed by atoms with Gasteiger partial charge in [-0.05, 0) is 57.6 Å². The van der Waals surface area contributed by atoms with Crippen LogP contribution in [-0.4, -0.2) is 0 Å². The van der Waals surface area contributed by atoms with Gasteiger partial charge in [0.25, 0.3) is 0 Å². The molecule has 3 rings (SSSR count). The third-order valence-corrected chi connectivity index (χ3v) is 10.5. The Hall–Kier alpha value is -1.26. The molecule has 0 saturated heterocycles. The number of halogens is 1. The van der Waals surface area contributed by atoms with Crippen LogP contribution in [0.2, 0.25) is 0 Å². The Morgan fingerprint density at radius 3 is 0.950 bits per heavy atom. The van der Waals surface area contributed by atoms with Gasteiger partial charge in [0.1, 0.15) is 0 Å². The van der Waals surface area contributed by atoms with Gasteiger partial charge in [-0.2, -0.15) is 0 Å². The first-order valence-corrected chi connectivity index (χ1v) is 10.7. The fourth-order valence-electron chi connectivity index (χ4n) is 2.23. The predicted octanol–water partition coefficient (Wildman–Crippen LogP) is 6.32. The normalized spacial score (nSPS) is 12.1. The molecule has 0 radical (unpaired) electrons. The fourth-order valence-corrected chi connectivity index (χ4v) is 7.29. The zero-order chi connectivity index (χ0) is 13.8. The van der Waals surface area contributed by atoms with Crippen LogP contribution in [0.1, 0.15) is 0 Å². The van der Waals surface area contributed by atoms with E-state index in [2.05, 4.69) is 112 Å². The quantitative estimate of drug-likeness (QED) is 0.459. The van der Waals surface area contributed by atoms with E-state index in [4.69, 9.17) is 0 Å². The summed E-state index contributed by atoms with van der Waals surface area (Å²) in [4.78, 5) is 4.16. The van der Waals surface area contributed by atoms with Crippen molar-refractivity contribution in [1.29, 1.82) is 0 Å². The molecule has 2 heteroatoms. The molecule has 0 fully saturated rings. The summed E-state index contributed by atoms with van der Waals surface area (Å²) in [6, 6.07) is 32.4. The van der Waals surface area contributed by atoms with Gasteiger partial charge in [-0.3, -0.25) is 0 Å². The minimum atomic E-state index is -1.21. The second-order valence-electron chi connectivity index (χ2n) is 4.48. The van der Waals surface area contributed by atoms with Crippen molar-refractivity contribution < 1.29 is 0 Å². The molecule has 0 aliphatic heterocycles. The molecule has 0 heterocycles. The summed E-state index contributed by atoms with van der Waals surface area (Å²) in [5, 5.41) is 0. The predicted molar refractivity (Wildman–Crippen MR) is 95.7 cm³/mol. The lowest BCUT2D eigenvalue weighted by Crippen LogP contribution is -1.95. The second-order valence-corrected chi connectivity index (χ2v) is 10.9. The van der Waals surface area contributed by atoms with Crippen molar-refractivity contribution in [3.8, 4) is 0 Å². The maximum absolute atomic E-state index is 2.66. The largest absolute Gasteiger partial charge is 0.105 e. The van der Waals surface area contributed by atoms with Crippen molar-refractivity contribution in [3.05, 3.63) is 91.0 Å². The minimum absolute atomic E-state index is 1.21. The van der Waals surface area contributed by atoms with Crippen molar-refractivity contribution in [3.63, 3.8) is 0 Å². The molecule has 0 aliphatic rings. The molecule has 0 unspecified atom stereocenters. The summed E-state index contributed by atoms with van der Waals surface area (Å²) in [5.41, 5.74) is 0. The third-order valence-electron chi connectivity index (χ3n) is 3.20. The topological polar surface area (TPSA) is 0 Å². The molecule has 0 amide bonds. The lowest BCUT2D eigenvalue weighted by Gasteiger charge is -2.35. The highest BCUT2D eigenvalue weighted by Gasteiger charge is 2.27. The Kier molecular flexibility index (Phi) is 4.13. The van der Waals surface area contributed by atoms with Gasteiger partial charge in [0.05, 0.1) is 0 Å². The summed E-state index contributed by atoms with van der Waals surface area (Å²) in [6.07, 6.45) is 0. The molecule has 0 bridgehead atoms. The average Bonchev–Trinajstić information content (AvgIpc) is 2.56. The molecule has 0 spiro atoms. The molecule has 0 aromatic heterocycles. The van der Waals surface area contributed by atoms with E-state index >= 15 is 0 Å². The molecule has 0 atom stereocenters. The number of rotatable bonds is 3. The summed E-state index contributed by atoms with van der Waals surface area (Å²) in [7, 11) is -1.21. The molecule has 3 aromatic rings. The second kappa shape index (κ2) is 6.02. The number of hydrogen-bond acceptors (Lipinski definition) is 0. The molecule has 0 N–H and O–H groups in total. The van der Waals surface area contributed by atoms with Crippen LogP contribution >= 0.6 is 28.4 Å². The average molecular weight is 390 g/mol. The van der Waals surface area contributed by atoms with E-state index in [1.807, 2.05) is 0 Å². The maximum Gasteiger partial charge on any atom is 0.00702 e. The van der Waals surface area contributed by atoms with Crippen molar-refractivity contribution in [2.75, 3.05) is 0 Å². The van der Waals surface area contributed by atoms with Crippen molar-refractivity contribution >= 4 is 28.4 Å². The first-order chi connectivity index (χ1) is 9.82. The van der Waals surface area contributed by atoms with Gasteiger partial charge in [-0.25, -0.2) is 0 Å². The Balaban J connectivity index is 2.24. The van der Waals surface area contributed by atoms with Gasteiger partial charge < -0.3 is 0 Å². The highest BCUT2D eigenvalue weighted by Crippen LogP contribution is 2.74. The lowest BCUT2D eigenvalue weighted by molar-refractivity contribution is 1.32. The molecule has 0 aliphatic carbocycles. The SMILES string of the molecule is IS(c1ccccc1)(c1ccccc1)c1ccccc1. The van der Waals surface area contributed by atoms with E-state index in [0.29, 0.717) is 0 Å². The van der Waals surface area contributed by atoms with E-state index in [1.54, 1.807) is 0 Å². The highest BCUT2D eigenvalue weighted by atomic mass is 127. The molecular formula is C18H15IS. The van der Waals surface area contributed by atoms with E-state index < -0.39 is 7.20 Å². The fraction of sp³-hybridized carbons (Fsp3) is 0. The van der Waals surface area contributed by atoms with E-state index in [1.165, 1.54) is 14.7 Å². The van der Waals surface area contributed by atoms with Crippen molar-refractivity contribution in [1.82, 2.24) is 0 Å². The standard InChI is InChI=1S/C18H15IS/c19-20(16-10-4-1-5-11-16,17-12-6-2-7-13-17)18-14-8-3-9-15-18/h1-15H. The number of benzene rings is 3. The lowest BCUT2D eigenvalue weighted by atomic mass is 10.4. The molecule has 0 nitrogen and oxygen atoms in total. The maximum atomic E-state index is 2.66. The van der Waals surface area contributed by atoms with Crippen LogP contribution in [0.5, 0.6) is 0 Å². The van der Waals surface area contributed by atoms with Crippen LogP contribution in [0.25, 0.3) is 0 Å². The molecule has 20 heavy (non-hydrogen) atoms. The zero-order valence-electron chi connectivity index (χ0n) is 10.9. The van der Waals surface area contributed by atoms with E-state index in [-0.39, 0.29) is 0 Å². The van der Waals surface area contributed by atoms with Gasteiger partial charge in [0, 0.05) is 14.7 Å². The van der Waals surface area contributed by atoms with Gasteiger partial charge in [0.15, 0.2) is 0 Å². The van der Waals surface area contributed by atoms with Crippen LogP contribution in [0.3, 0.4) is 0 Å². The Morgan fingerprint density at radius 1 is 0.450 bits per heavy atom. The minimum Gasteiger partial charge on any atom is -0.105 e. The Bertz CT molecular complexity index is 569. The summed E-state index contributed by atoms with van der Waals surface area (Å²) in [5.74, 6) is 0. The van der Waals surface area contributed by atoms with E-state index in [0.717, 1.165) is 0 Å². The Morgan fingerprint density at radius 2 is 0.700 bits per heavy atom. The summed E-state index contributed by atoms with van der Waals surface area (Å²) in [6.45, 7) is 0. The number of hydrogen-bond donors (Lipinski definition) is 0. The van der Waals surface area contributed by atoms with Crippen molar-refractivity contribution in [2.24, 2.45) is 0 Å². The van der Waals surface area contributed by atoms with Crippen LogP contribution in [0.4, 0.5) is 0 Å². The molecular weight excluding hydrogens is 375 g/mol. The molecule has 100 valence electrons. The summed E-state index contributed by atoms with van der Waals surface area (Å²) < 4.78 is 0. The van der Waals surface area contributed by atoms with Crippen LogP contribution in [0, 0.1) is 0 Å². The van der Waals surface area contributed by atoms with Gasteiger partial charge in [-0.1, -0.05) is 54.6 Å². The summed E-state index contributed by atoms with van der Waals surface area (Å²) >= 11 is 2.66. The van der Waals surface area contributed by atoms with Gasteiger partial charge in [0.2, 0.25) is 0 Å². The monoisotopic (exact) mass is 390 g/mol. The van der Waals surface area contributed by atoms with Gasteiger partial charge >= 0.3 is 0 Å². The zero-order valence-corrected chi connectivity index (χ0v) is 13.9. The van der Waals surface area contributed by atoms with Crippen molar-refractivity contribution in [2.45, 2.75) is 14.7 Å².